The summed E-state index contributed by atoms with van der Waals surface area (Å²) < 4.78 is 6.62. The maximum absolute atomic E-state index is 11.9. The molecule has 0 aliphatic heterocycles. The van der Waals surface area contributed by atoms with E-state index in [0.717, 1.165) is 5.39 Å². The molecule has 4 heteroatoms. The van der Waals surface area contributed by atoms with Crippen LogP contribution in [0, 0.1) is 6.20 Å². The van der Waals surface area contributed by atoms with E-state index < -0.39 is 11.7 Å². The molecule has 0 saturated carbocycles. The average molecular weight is 251 g/mol. The lowest BCUT2D eigenvalue weighted by Crippen LogP contribution is -2.26. The highest BCUT2D eigenvalue weighted by atomic mass is 35.5. The zero-order valence-electron chi connectivity index (χ0n) is 9.95. The molecule has 0 N–H and O–H groups in total. The quantitative estimate of drug-likeness (QED) is 0.711. The van der Waals surface area contributed by atoms with Gasteiger partial charge in [0.25, 0.3) is 0 Å². The molecule has 89 valence electrons. The Bertz CT molecular complexity index is 566. The summed E-state index contributed by atoms with van der Waals surface area (Å²) in [6.45, 7) is 5.47. The molecule has 2 aromatic rings. The van der Waals surface area contributed by atoms with Crippen molar-refractivity contribution in [3.05, 3.63) is 35.5 Å². The van der Waals surface area contributed by atoms with Crippen LogP contribution in [0.4, 0.5) is 4.79 Å². The van der Waals surface area contributed by atoms with Gasteiger partial charge in [-0.3, -0.25) is 0 Å². The van der Waals surface area contributed by atoms with Crippen molar-refractivity contribution < 1.29 is 9.53 Å². The van der Waals surface area contributed by atoms with E-state index in [1.807, 2.05) is 26.8 Å². The lowest BCUT2D eigenvalue weighted by atomic mass is 10.2. The molecule has 0 bridgehead atoms. The maximum Gasteiger partial charge on any atom is 0.419 e. The zero-order chi connectivity index (χ0) is 12.6. The van der Waals surface area contributed by atoms with Gasteiger partial charge < -0.3 is 4.74 Å². The molecule has 17 heavy (non-hydrogen) atoms. The fourth-order valence-electron chi connectivity index (χ4n) is 1.49. The topological polar surface area (TPSA) is 31.2 Å². The number of halogens is 1. The number of hydrogen-bond acceptors (Lipinski definition) is 2. The van der Waals surface area contributed by atoms with E-state index in [9.17, 15) is 4.79 Å². The number of ether oxygens (including phenoxy) is 1. The van der Waals surface area contributed by atoms with Crippen LogP contribution in [0.15, 0.2) is 24.3 Å². The SMILES string of the molecule is CC(C)(C)OC(=O)n1[c]cc2ccc(Cl)cc21. The van der Waals surface area contributed by atoms with Crippen LogP contribution in [0.2, 0.25) is 5.02 Å². The van der Waals surface area contributed by atoms with Crippen LogP contribution in [0.5, 0.6) is 0 Å². The normalized spacial score (nSPS) is 11.8. The predicted octanol–water partition coefficient (Wildman–Crippen LogP) is 3.88. The van der Waals surface area contributed by atoms with Gasteiger partial charge in [-0.15, -0.1) is 0 Å². The van der Waals surface area contributed by atoms with Crippen LogP contribution in [0.1, 0.15) is 20.8 Å². The molecule has 0 fully saturated rings. The van der Waals surface area contributed by atoms with E-state index in [2.05, 4.69) is 6.20 Å². The Kier molecular flexibility index (Phi) is 2.87. The van der Waals surface area contributed by atoms with Crippen molar-refractivity contribution in [1.82, 2.24) is 4.57 Å². The van der Waals surface area contributed by atoms with Crippen LogP contribution in [0.3, 0.4) is 0 Å². The Morgan fingerprint density at radius 1 is 1.41 bits per heavy atom. The van der Waals surface area contributed by atoms with Crippen LogP contribution in [0.25, 0.3) is 10.9 Å². The number of hydrogen-bond donors (Lipinski definition) is 0. The van der Waals surface area contributed by atoms with E-state index in [4.69, 9.17) is 16.3 Å². The Morgan fingerprint density at radius 2 is 2.12 bits per heavy atom. The molecule has 1 aromatic carbocycles. The number of carbonyl (C=O) groups is 1. The Labute approximate surface area is 105 Å². The van der Waals surface area contributed by atoms with Crippen molar-refractivity contribution in [3.8, 4) is 0 Å². The smallest absolute Gasteiger partial charge is 0.419 e. The van der Waals surface area contributed by atoms with Gasteiger partial charge in [-0.05, 0) is 39.0 Å². The molecule has 3 nitrogen and oxygen atoms in total. The van der Waals surface area contributed by atoms with Gasteiger partial charge in [-0.2, -0.15) is 0 Å². The van der Waals surface area contributed by atoms with Crippen LogP contribution in [-0.2, 0) is 4.74 Å². The second kappa shape index (κ2) is 4.08. The molecule has 1 aromatic heterocycles. The van der Waals surface area contributed by atoms with Crippen molar-refractivity contribution in [2.45, 2.75) is 26.4 Å². The minimum atomic E-state index is -0.528. The van der Waals surface area contributed by atoms with Crippen molar-refractivity contribution >= 4 is 28.6 Å². The summed E-state index contributed by atoms with van der Waals surface area (Å²) in [4.78, 5) is 11.9. The van der Waals surface area contributed by atoms with Crippen molar-refractivity contribution in [1.29, 1.82) is 0 Å². The molecule has 0 unspecified atom stereocenters. The fraction of sp³-hybridized carbons (Fsp3) is 0.308. The Hall–Kier alpha value is -1.48. The zero-order valence-corrected chi connectivity index (χ0v) is 10.7. The molecule has 0 saturated heterocycles. The number of carbonyl (C=O) groups excluding carboxylic acids is 1. The number of rotatable bonds is 0. The summed E-state index contributed by atoms with van der Waals surface area (Å²) in [5.41, 5.74) is 0.173. The van der Waals surface area contributed by atoms with Crippen LogP contribution >= 0.6 is 11.6 Å². The summed E-state index contributed by atoms with van der Waals surface area (Å²) in [5, 5.41) is 1.48. The third-order valence-corrected chi connectivity index (χ3v) is 2.39. The Morgan fingerprint density at radius 3 is 2.76 bits per heavy atom. The van der Waals surface area contributed by atoms with Gasteiger partial charge in [-0.25, -0.2) is 9.36 Å². The first-order valence-corrected chi connectivity index (χ1v) is 5.67. The van der Waals surface area contributed by atoms with Crippen molar-refractivity contribution in [2.75, 3.05) is 0 Å². The van der Waals surface area contributed by atoms with E-state index in [1.165, 1.54) is 4.57 Å². The highest BCUT2D eigenvalue weighted by Gasteiger charge is 2.19. The van der Waals surface area contributed by atoms with Crippen LogP contribution in [-0.4, -0.2) is 16.3 Å². The number of nitrogens with zero attached hydrogens (tertiary/aromatic N) is 1. The second-order valence-electron chi connectivity index (χ2n) is 4.79. The first-order chi connectivity index (χ1) is 7.87. The molecule has 0 spiro atoms. The number of aromatic nitrogens is 1. The van der Waals surface area contributed by atoms with Gasteiger partial charge in [0.1, 0.15) is 5.60 Å². The van der Waals surface area contributed by atoms with Gasteiger partial charge in [0, 0.05) is 10.4 Å². The highest BCUT2D eigenvalue weighted by molar-refractivity contribution is 6.31. The molecule has 0 atom stereocenters. The summed E-state index contributed by atoms with van der Waals surface area (Å²) in [7, 11) is 0. The fourth-order valence-corrected chi connectivity index (χ4v) is 1.66. The molecule has 0 amide bonds. The third-order valence-electron chi connectivity index (χ3n) is 2.16. The maximum atomic E-state index is 11.9. The number of benzene rings is 1. The summed E-state index contributed by atoms with van der Waals surface area (Å²) in [5.74, 6) is 0. The summed E-state index contributed by atoms with van der Waals surface area (Å²) in [6.07, 6.45) is 2.40. The summed E-state index contributed by atoms with van der Waals surface area (Å²) >= 11 is 5.91. The third kappa shape index (κ3) is 2.61. The largest absolute Gasteiger partial charge is 0.443 e. The molecular weight excluding hydrogens is 238 g/mol. The Balaban J connectivity index is 2.42. The second-order valence-corrected chi connectivity index (χ2v) is 5.23. The van der Waals surface area contributed by atoms with E-state index in [0.29, 0.717) is 10.5 Å². The van der Waals surface area contributed by atoms with Crippen molar-refractivity contribution in [3.63, 3.8) is 0 Å². The lowest BCUT2D eigenvalue weighted by molar-refractivity contribution is 0.0543. The highest BCUT2D eigenvalue weighted by Crippen LogP contribution is 2.21. The molecule has 1 radical (unpaired) electrons. The minimum absolute atomic E-state index is 0.449. The van der Waals surface area contributed by atoms with Gasteiger partial charge in [0.2, 0.25) is 0 Å². The monoisotopic (exact) mass is 250 g/mol. The standard InChI is InChI=1S/C13H13ClNO2/c1-13(2,3)17-12(16)15-7-6-9-4-5-10(14)8-11(9)15/h4-6,8H,1-3H3. The first-order valence-electron chi connectivity index (χ1n) is 5.29. The van der Waals surface area contributed by atoms with E-state index >= 15 is 0 Å². The van der Waals surface area contributed by atoms with Gasteiger partial charge in [0.15, 0.2) is 0 Å². The van der Waals surface area contributed by atoms with Crippen LogP contribution < -0.4 is 0 Å². The molecular formula is C13H13ClNO2. The minimum Gasteiger partial charge on any atom is -0.443 e. The first kappa shape index (κ1) is 12.0. The summed E-state index contributed by atoms with van der Waals surface area (Å²) in [6, 6.07) is 7.07. The van der Waals surface area contributed by atoms with Gasteiger partial charge in [0.05, 0.1) is 11.7 Å². The average Bonchev–Trinajstić information content (AvgIpc) is 2.57. The predicted molar refractivity (Wildman–Crippen MR) is 67.4 cm³/mol. The van der Waals surface area contributed by atoms with E-state index in [1.54, 1.807) is 18.2 Å². The molecule has 0 aliphatic rings. The van der Waals surface area contributed by atoms with Crippen molar-refractivity contribution in [2.24, 2.45) is 0 Å². The molecule has 2 rings (SSSR count). The number of fused-ring (bicyclic) bond motifs is 1. The van der Waals surface area contributed by atoms with E-state index in [-0.39, 0.29) is 0 Å². The van der Waals surface area contributed by atoms with Gasteiger partial charge in [-0.1, -0.05) is 17.7 Å². The molecule has 1 heterocycles. The van der Waals surface area contributed by atoms with Gasteiger partial charge >= 0.3 is 6.09 Å². The lowest BCUT2D eigenvalue weighted by Gasteiger charge is -2.19. The molecule has 0 aliphatic carbocycles.